The van der Waals surface area contributed by atoms with E-state index >= 15 is 0 Å². The van der Waals surface area contributed by atoms with Gasteiger partial charge in [-0.25, -0.2) is 4.39 Å². The molecule has 2 rings (SSSR count). The number of aromatic hydroxyl groups is 1. The smallest absolute Gasteiger partial charge is 0.231 e. The zero-order chi connectivity index (χ0) is 10.3. The molecular weight excluding hydrogens is 189 g/mol. The van der Waals surface area contributed by atoms with Gasteiger partial charge in [-0.3, -0.25) is 0 Å². The van der Waals surface area contributed by atoms with Crippen LogP contribution in [0.1, 0.15) is 18.5 Å². The summed E-state index contributed by atoms with van der Waals surface area (Å²) in [5.74, 6) is -0.600. The highest BCUT2D eigenvalue weighted by Crippen LogP contribution is 2.44. The van der Waals surface area contributed by atoms with Gasteiger partial charge in [0.15, 0.2) is 23.1 Å². The number of hydrogen-bond donors (Lipinski definition) is 2. The van der Waals surface area contributed by atoms with E-state index in [1.54, 1.807) is 6.92 Å². The lowest BCUT2D eigenvalue weighted by molar-refractivity contribution is 0.173. The second-order valence-electron chi connectivity index (χ2n) is 3.14. The monoisotopic (exact) mass is 199 g/mol. The molecule has 0 fully saturated rings. The number of hydrogen-bond acceptors (Lipinski definition) is 4. The van der Waals surface area contributed by atoms with E-state index in [-0.39, 0.29) is 18.1 Å². The van der Waals surface area contributed by atoms with Crippen LogP contribution in [-0.2, 0) is 0 Å². The van der Waals surface area contributed by atoms with Gasteiger partial charge in [-0.15, -0.1) is 0 Å². The molecule has 1 aromatic rings. The summed E-state index contributed by atoms with van der Waals surface area (Å²) >= 11 is 0. The lowest BCUT2D eigenvalue weighted by Gasteiger charge is -2.11. The van der Waals surface area contributed by atoms with Crippen molar-refractivity contribution in [2.75, 3.05) is 6.79 Å². The van der Waals surface area contributed by atoms with Crippen LogP contribution in [0.5, 0.6) is 17.2 Å². The predicted molar refractivity (Wildman–Crippen MR) is 46.8 cm³/mol. The number of phenols is 1. The molecule has 0 aliphatic carbocycles. The molecule has 0 aromatic heterocycles. The number of rotatable bonds is 1. The van der Waals surface area contributed by atoms with Crippen LogP contribution in [0.2, 0.25) is 0 Å². The minimum Gasteiger partial charge on any atom is -0.504 e. The van der Waals surface area contributed by atoms with E-state index in [9.17, 15) is 9.50 Å². The van der Waals surface area contributed by atoms with Crippen LogP contribution in [0.3, 0.4) is 0 Å². The first-order chi connectivity index (χ1) is 6.61. The molecule has 0 amide bonds. The fourth-order valence-electron chi connectivity index (χ4n) is 1.45. The first-order valence-electron chi connectivity index (χ1n) is 4.17. The van der Waals surface area contributed by atoms with Gasteiger partial charge >= 0.3 is 0 Å². The van der Waals surface area contributed by atoms with Gasteiger partial charge in [-0.05, 0) is 6.92 Å². The van der Waals surface area contributed by atoms with Crippen molar-refractivity contribution in [3.63, 3.8) is 0 Å². The molecule has 0 saturated carbocycles. The Labute approximate surface area is 80.0 Å². The second kappa shape index (κ2) is 3.02. The van der Waals surface area contributed by atoms with E-state index in [0.29, 0.717) is 5.75 Å². The van der Waals surface area contributed by atoms with Gasteiger partial charge < -0.3 is 20.3 Å². The van der Waals surface area contributed by atoms with Gasteiger partial charge in [0.25, 0.3) is 0 Å². The van der Waals surface area contributed by atoms with Crippen LogP contribution in [0, 0.1) is 5.82 Å². The highest BCUT2D eigenvalue weighted by Gasteiger charge is 2.26. The van der Waals surface area contributed by atoms with Crippen LogP contribution < -0.4 is 15.2 Å². The number of phenolic OH excluding ortho intramolecular Hbond substituents is 1. The van der Waals surface area contributed by atoms with E-state index in [4.69, 9.17) is 15.2 Å². The van der Waals surface area contributed by atoms with Crippen molar-refractivity contribution in [1.29, 1.82) is 0 Å². The third kappa shape index (κ3) is 1.17. The lowest BCUT2D eigenvalue weighted by atomic mass is 10.1. The molecule has 1 aliphatic rings. The number of benzene rings is 1. The summed E-state index contributed by atoms with van der Waals surface area (Å²) in [6.45, 7) is 1.66. The maximum atomic E-state index is 13.2. The highest BCUT2D eigenvalue weighted by atomic mass is 19.1. The molecule has 0 saturated heterocycles. The molecule has 1 atom stereocenters. The Bertz CT molecular complexity index is 379. The minimum absolute atomic E-state index is 0.0257. The average Bonchev–Trinajstić information content (AvgIpc) is 2.52. The normalized spacial score (nSPS) is 15.6. The Morgan fingerprint density at radius 1 is 1.57 bits per heavy atom. The van der Waals surface area contributed by atoms with Crippen molar-refractivity contribution >= 4 is 0 Å². The molecule has 1 unspecified atom stereocenters. The molecule has 14 heavy (non-hydrogen) atoms. The summed E-state index contributed by atoms with van der Waals surface area (Å²) in [6.07, 6.45) is 0. The largest absolute Gasteiger partial charge is 0.504 e. The summed E-state index contributed by atoms with van der Waals surface area (Å²) in [7, 11) is 0. The highest BCUT2D eigenvalue weighted by molar-refractivity contribution is 5.56. The molecule has 1 aromatic carbocycles. The van der Waals surface area contributed by atoms with Crippen LogP contribution in [0.15, 0.2) is 6.07 Å². The quantitative estimate of drug-likeness (QED) is 0.715. The first kappa shape index (κ1) is 9.08. The van der Waals surface area contributed by atoms with Crippen LogP contribution in [-0.4, -0.2) is 11.9 Å². The molecule has 1 heterocycles. The molecule has 5 heteroatoms. The standard InChI is InChI=1S/C9H10FNO3/c1-4(11)7-8(12)5(10)2-6-9(7)14-3-13-6/h2,4,12H,3,11H2,1H3. The molecule has 1 aliphatic heterocycles. The van der Waals surface area contributed by atoms with Crippen molar-refractivity contribution in [2.45, 2.75) is 13.0 Å². The van der Waals surface area contributed by atoms with Crippen LogP contribution in [0.4, 0.5) is 4.39 Å². The lowest BCUT2D eigenvalue weighted by Crippen LogP contribution is -2.07. The Kier molecular flexibility index (Phi) is 1.96. The van der Waals surface area contributed by atoms with Gasteiger partial charge in [0.1, 0.15) is 0 Å². The number of fused-ring (bicyclic) bond motifs is 1. The van der Waals surface area contributed by atoms with Crippen molar-refractivity contribution in [2.24, 2.45) is 5.73 Å². The SMILES string of the molecule is CC(N)c1c(O)c(F)cc2c1OCO2. The molecule has 76 valence electrons. The Morgan fingerprint density at radius 3 is 2.93 bits per heavy atom. The summed E-state index contributed by atoms with van der Waals surface area (Å²) in [6, 6.07) is 0.574. The molecule has 0 bridgehead atoms. The molecular formula is C9H10FNO3. The van der Waals surface area contributed by atoms with Crippen molar-refractivity contribution in [1.82, 2.24) is 0 Å². The molecule has 0 radical (unpaired) electrons. The van der Waals surface area contributed by atoms with E-state index in [1.165, 1.54) is 0 Å². The van der Waals surface area contributed by atoms with Crippen molar-refractivity contribution < 1.29 is 19.0 Å². The molecule has 3 N–H and O–H groups in total. The number of nitrogens with two attached hydrogens (primary N) is 1. The minimum atomic E-state index is -0.749. The van der Waals surface area contributed by atoms with Crippen molar-refractivity contribution in [3.05, 3.63) is 17.4 Å². The Hall–Kier alpha value is -1.49. The third-order valence-electron chi connectivity index (χ3n) is 2.08. The molecule has 0 spiro atoms. The third-order valence-corrected chi connectivity index (χ3v) is 2.08. The maximum Gasteiger partial charge on any atom is 0.231 e. The van der Waals surface area contributed by atoms with E-state index < -0.39 is 17.6 Å². The summed E-state index contributed by atoms with van der Waals surface area (Å²) in [4.78, 5) is 0. The van der Waals surface area contributed by atoms with Crippen molar-refractivity contribution in [3.8, 4) is 17.2 Å². The van der Waals surface area contributed by atoms with Gasteiger partial charge in [0.2, 0.25) is 6.79 Å². The first-order valence-corrected chi connectivity index (χ1v) is 4.17. The van der Waals surface area contributed by atoms with E-state index in [1.807, 2.05) is 0 Å². The fraction of sp³-hybridized carbons (Fsp3) is 0.333. The van der Waals surface area contributed by atoms with Gasteiger partial charge in [-0.2, -0.15) is 0 Å². The second-order valence-corrected chi connectivity index (χ2v) is 3.14. The van der Waals surface area contributed by atoms with Gasteiger partial charge in [0, 0.05) is 12.1 Å². The summed E-state index contributed by atoms with van der Waals surface area (Å²) in [5.41, 5.74) is 5.84. The topological polar surface area (TPSA) is 64.7 Å². The number of halogens is 1. The van der Waals surface area contributed by atoms with E-state index in [0.717, 1.165) is 6.07 Å². The average molecular weight is 199 g/mol. The zero-order valence-electron chi connectivity index (χ0n) is 7.58. The number of ether oxygens (including phenoxy) is 2. The maximum absolute atomic E-state index is 13.2. The molecule has 4 nitrogen and oxygen atoms in total. The van der Waals surface area contributed by atoms with Crippen LogP contribution >= 0.6 is 0 Å². The zero-order valence-corrected chi connectivity index (χ0v) is 7.58. The van der Waals surface area contributed by atoms with Gasteiger partial charge in [-0.1, -0.05) is 0 Å². The van der Waals surface area contributed by atoms with Gasteiger partial charge in [0.05, 0.1) is 5.56 Å². The fourth-order valence-corrected chi connectivity index (χ4v) is 1.45. The summed E-state index contributed by atoms with van der Waals surface area (Å²) in [5, 5.41) is 9.44. The predicted octanol–water partition coefficient (Wildman–Crippen LogP) is 1.28. The Balaban J connectivity index is 2.66. The van der Waals surface area contributed by atoms with Crippen LogP contribution in [0.25, 0.3) is 0 Å². The Morgan fingerprint density at radius 2 is 2.29 bits per heavy atom. The summed E-state index contributed by atoms with van der Waals surface area (Å²) < 4.78 is 23.2. The van der Waals surface area contributed by atoms with E-state index in [2.05, 4.69) is 0 Å².